The van der Waals surface area contributed by atoms with Gasteiger partial charge in [-0.2, -0.15) is 0 Å². The molecule has 0 saturated carbocycles. The highest BCUT2D eigenvalue weighted by molar-refractivity contribution is 9.10. The Morgan fingerprint density at radius 2 is 1.80 bits per heavy atom. The van der Waals surface area contributed by atoms with Gasteiger partial charge in [0.25, 0.3) is 11.8 Å². The summed E-state index contributed by atoms with van der Waals surface area (Å²) in [6.07, 6.45) is 0. The lowest BCUT2D eigenvalue weighted by molar-refractivity contribution is 0.0977. The number of hydrogen-bond acceptors (Lipinski definition) is 4. The Bertz CT molecular complexity index is 1140. The fourth-order valence-electron chi connectivity index (χ4n) is 2.64. The molecular formula is C18H11BrN2O4. The van der Waals surface area contributed by atoms with Crippen molar-refractivity contribution in [2.45, 2.75) is 0 Å². The minimum Gasteiger partial charge on any atom is -0.451 e. The fraction of sp³-hybridized carbons (Fsp3) is 0. The molecule has 4 aromatic rings. The van der Waals surface area contributed by atoms with E-state index in [4.69, 9.17) is 14.6 Å². The van der Waals surface area contributed by atoms with Crippen LogP contribution in [0, 0.1) is 0 Å². The molecule has 124 valence electrons. The topological polar surface area (TPSA) is 98.5 Å². The second-order valence-electron chi connectivity index (χ2n) is 5.41. The summed E-state index contributed by atoms with van der Waals surface area (Å²) in [4.78, 5) is 24.2. The van der Waals surface area contributed by atoms with Gasteiger partial charge in [0.15, 0.2) is 5.76 Å². The standard InChI is InChI=1S/C18H11BrN2O4/c19-10-5-6-12-9(7-10)8-14(24-12)18(23)21-15-11-3-1-2-4-13(11)25-16(15)17(20)22/h1-8H,(H2,20,22)(H,21,23). The van der Waals surface area contributed by atoms with Gasteiger partial charge in [0, 0.05) is 15.2 Å². The van der Waals surface area contributed by atoms with Gasteiger partial charge in [0.05, 0.1) is 0 Å². The van der Waals surface area contributed by atoms with Crippen molar-refractivity contribution < 1.29 is 18.4 Å². The zero-order valence-electron chi connectivity index (χ0n) is 12.7. The van der Waals surface area contributed by atoms with E-state index in [-0.39, 0.29) is 17.2 Å². The normalized spacial score (nSPS) is 11.1. The molecule has 0 aliphatic heterocycles. The van der Waals surface area contributed by atoms with Crippen molar-refractivity contribution in [3.05, 3.63) is 64.5 Å². The summed E-state index contributed by atoms with van der Waals surface area (Å²) < 4.78 is 11.9. The first-order chi connectivity index (χ1) is 12.0. The maximum absolute atomic E-state index is 12.6. The minimum absolute atomic E-state index is 0.103. The molecule has 0 aliphatic rings. The number of halogens is 1. The molecule has 0 atom stereocenters. The molecule has 0 aliphatic carbocycles. The molecule has 0 saturated heterocycles. The number of rotatable bonds is 3. The maximum Gasteiger partial charge on any atom is 0.291 e. The molecule has 3 N–H and O–H groups in total. The zero-order chi connectivity index (χ0) is 17.6. The highest BCUT2D eigenvalue weighted by Gasteiger charge is 2.22. The second kappa shape index (κ2) is 5.78. The van der Waals surface area contributed by atoms with Gasteiger partial charge in [-0.15, -0.1) is 0 Å². The third kappa shape index (κ3) is 2.68. The first kappa shape index (κ1) is 15.5. The van der Waals surface area contributed by atoms with E-state index in [1.165, 1.54) is 0 Å². The molecular weight excluding hydrogens is 388 g/mol. The highest BCUT2D eigenvalue weighted by atomic mass is 79.9. The summed E-state index contributed by atoms with van der Waals surface area (Å²) in [5, 5.41) is 4.04. The third-order valence-corrected chi connectivity index (χ3v) is 4.25. The maximum atomic E-state index is 12.6. The first-order valence-corrected chi connectivity index (χ1v) is 8.14. The molecule has 7 heteroatoms. The first-order valence-electron chi connectivity index (χ1n) is 7.35. The van der Waals surface area contributed by atoms with Crippen molar-refractivity contribution in [2.24, 2.45) is 5.73 Å². The summed E-state index contributed by atoms with van der Waals surface area (Å²) in [6, 6.07) is 14.0. The monoisotopic (exact) mass is 398 g/mol. The number of benzene rings is 2. The Morgan fingerprint density at radius 1 is 1.00 bits per heavy atom. The molecule has 25 heavy (non-hydrogen) atoms. The van der Waals surface area contributed by atoms with Crippen LogP contribution in [-0.2, 0) is 0 Å². The summed E-state index contributed by atoms with van der Waals surface area (Å²) >= 11 is 3.37. The summed E-state index contributed by atoms with van der Waals surface area (Å²) in [6.45, 7) is 0. The number of fused-ring (bicyclic) bond motifs is 2. The smallest absolute Gasteiger partial charge is 0.291 e. The van der Waals surface area contributed by atoms with Gasteiger partial charge >= 0.3 is 0 Å². The number of amides is 2. The van der Waals surface area contributed by atoms with Crippen LogP contribution in [0.25, 0.3) is 21.9 Å². The Hall–Kier alpha value is -3.06. The molecule has 0 bridgehead atoms. The van der Waals surface area contributed by atoms with Crippen molar-refractivity contribution in [1.82, 2.24) is 0 Å². The van der Waals surface area contributed by atoms with Crippen molar-refractivity contribution >= 4 is 55.4 Å². The number of nitrogens with two attached hydrogens (primary N) is 1. The van der Waals surface area contributed by atoms with Crippen molar-refractivity contribution in [3.63, 3.8) is 0 Å². The average Bonchev–Trinajstić information content (AvgIpc) is 3.16. The van der Waals surface area contributed by atoms with Crippen LogP contribution in [0.3, 0.4) is 0 Å². The molecule has 0 spiro atoms. The van der Waals surface area contributed by atoms with E-state index >= 15 is 0 Å². The van der Waals surface area contributed by atoms with Crippen LogP contribution >= 0.6 is 15.9 Å². The molecule has 0 unspecified atom stereocenters. The van der Waals surface area contributed by atoms with Crippen LogP contribution < -0.4 is 11.1 Å². The van der Waals surface area contributed by atoms with E-state index in [0.717, 1.165) is 9.86 Å². The molecule has 2 aromatic heterocycles. The van der Waals surface area contributed by atoms with Crippen LogP contribution in [0.2, 0.25) is 0 Å². The number of primary amides is 1. The fourth-order valence-corrected chi connectivity index (χ4v) is 3.02. The van der Waals surface area contributed by atoms with E-state index < -0.39 is 11.8 Å². The molecule has 4 rings (SSSR count). The van der Waals surface area contributed by atoms with Gasteiger partial charge in [0.1, 0.15) is 16.9 Å². The number of hydrogen-bond donors (Lipinski definition) is 2. The van der Waals surface area contributed by atoms with Gasteiger partial charge in [-0.3, -0.25) is 9.59 Å². The number of furan rings is 2. The third-order valence-electron chi connectivity index (χ3n) is 3.76. The lowest BCUT2D eigenvalue weighted by Gasteiger charge is -2.02. The van der Waals surface area contributed by atoms with Gasteiger partial charge in [-0.25, -0.2) is 0 Å². The van der Waals surface area contributed by atoms with E-state index in [2.05, 4.69) is 21.2 Å². The van der Waals surface area contributed by atoms with Crippen LogP contribution in [0.15, 0.2) is 61.8 Å². The number of nitrogens with one attached hydrogen (secondary N) is 1. The Labute approximate surface area is 149 Å². The Morgan fingerprint density at radius 3 is 2.60 bits per heavy atom. The summed E-state index contributed by atoms with van der Waals surface area (Å²) in [7, 11) is 0. The van der Waals surface area contributed by atoms with Crippen LogP contribution in [0.4, 0.5) is 5.69 Å². The van der Waals surface area contributed by atoms with Crippen molar-refractivity contribution in [3.8, 4) is 0 Å². The highest BCUT2D eigenvalue weighted by Crippen LogP contribution is 2.31. The van der Waals surface area contributed by atoms with Crippen molar-refractivity contribution in [1.29, 1.82) is 0 Å². The number of para-hydroxylation sites is 1. The van der Waals surface area contributed by atoms with Gasteiger partial charge in [-0.05, 0) is 36.4 Å². The number of carbonyl (C=O) groups is 2. The molecule has 6 nitrogen and oxygen atoms in total. The van der Waals surface area contributed by atoms with E-state index in [0.29, 0.717) is 16.6 Å². The number of carbonyl (C=O) groups excluding carboxylic acids is 2. The molecule has 2 heterocycles. The van der Waals surface area contributed by atoms with E-state index in [1.807, 2.05) is 12.1 Å². The van der Waals surface area contributed by atoms with Crippen LogP contribution in [-0.4, -0.2) is 11.8 Å². The van der Waals surface area contributed by atoms with E-state index in [9.17, 15) is 9.59 Å². The lowest BCUT2D eigenvalue weighted by atomic mass is 10.2. The largest absolute Gasteiger partial charge is 0.451 e. The van der Waals surface area contributed by atoms with Gasteiger partial charge < -0.3 is 19.9 Å². The Balaban J connectivity index is 1.76. The quantitative estimate of drug-likeness (QED) is 0.537. The predicted molar refractivity (Wildman–Crippen MR) is 96.6 cm³/mol. The molecule has 2 amide bonds. The summed E-state index contributed by atoms with van der Waals surface area (Å²) in [5.74, 6) is -1.25. The predicted octanol–water partition coefficient (Wildman–Crippen LogP) is 4.29. The zero-order valence-corrected chi connectivity index (χ0v) is 14.3. The second-order valence-corrected chi connectivity index (χ2v) is 6.33. The number of anilines is 1. The van der Waals surface area contributed by atoms with Gasteiger partial charge in [0.2, 0.25) is 5.76 Å². The summed E-state index contributed by atoms with van der Waals surface area (Å²) in [5.41, 5.74) is 6.63. The SMILES string of the molecule is NC(=O)c1oc2ccccc2c1NC(=O)c1cc2cc(Br)ccc2o1. The van der Waals surface area contributed by atoms with E-state index in [1.54, 1.807) is 36.4 Å². The minimum atomic E-state index is -0.764. The van der Waals surface area contributed by atoms with Gasteiger partial charge in [-0.1, -0.05) is 28.1 Å². The van der Waals surface area contributed by atoms with Crippen LogP contribution in [0.1, 0.15) is 21.1 Å². The average molecular weight is 399 g/mol. The van der Waals surface area contributed by atoms with Crippen molar-refractivity contribution in [2.75, 3.05) is 5.32 Å². The van der Waals surface area contributed by atoms with Crippen LogP contribution in [0.5, 0.6) is 0 Å². The molecule has 2 aromatic carbocycles. The molecule has 0 radical (unpaired) electrons. The lowest BCUT2D eigenvalue weighted by Crippen LogP contribution is -2.16. The molecule has 0 fully saturated rings. The Kier molecular flexibility index (Phi) is 3.58.